The fourth-order valence-corrected chi connectivity index (χ4v) is 5.27. The number of carbonyl (C=O) groups excluding carboxylic acids is 2. The molecular formula is C32H27BrN2O6. The van der Waals surface area contributed by atoms with Crippen molar-refractivity contribution in [3.05, 3.63) is 123 Å². The second-order valence-electron chi connectivity index (χ2n) is 9.64. The number of amides is 1. The number of ketones is 1. The number of hydrogen-bond acceptors (Lipinski definition) is 7. The van der Waals surface area contributed by atoms with Gasteiger partial charge in [-0.1, -0.05) is 29.8 Å². The van der Waals surface area contributed by atoms with Gasteiger partial charge in [0, 0.05) is 24.5 Å². The molecule has 1 fully saturated rings. The highest BCUT2D eigenvalue weighted by atomic mass is 79.9. The monoisotopic (exact) mass is 614 g/mol. The number of pyridine rings is 1. The van der Waals surface area contributed by atoms with Crippen molar-refractivity contribution in [1.29, 1.82) is 0 Å². The van der Waals surface area contributed by atoms with Gasteiger partial charge in [0.2, 0.25) is 0 Å². The van der Waals surface area contributed by atoms with Crippen LogP contribution in [0.15, 0.2) is 95.2 Å². The van der Waals surface area contributed by atoms with Crippen molar-refractivity contribution in [3.63, 3.8) is 0 Å². The van der Waals surface area contributed by atoms with E-state index >= 15 is 0 Å². The van der Waals surface area contributed by atoms with E-state index in [4.69, 9.17) is 9.47 Å². The first-order valence-corrected chi connectivity index (χ1v) is 13.6. The third kappa shape index (κ3) is 5.81. The van der Waals surface area contributed by atoms with Gasteiger partial charge in [-0.15, -0.1) is 0 Å². The number of Topliss-reactive ketones (excluding diaryl/α,β-unsaturated/α-hetero) is 1. The van der Waals surface area contributed by atoms with E-state index in [0.29, 0.717) is 28.0 Å². The molecule has 2 N–H and O–H groups in total. The molecule has 208 valence electrons. The minimum absolute atomic E-state index is 0.0721. The van der Waals surface area contributed by atoms with Gasteiger partial charge in [0.05, 0.1) is 23.2 Å². The number of carbonyl (C=O) groups is 2. The molecule has 1 saturated heterocycles. The predicted octanol–water partition coefficient (Wildman–Crippen LogP) is 6.07. The van der Waals surface area contributed by atoms with Gasteiger partial charge in [-0.3, -0.25) is 14.6 Å². The maximum atomic E-state index is 13.4. The molecule has 0 saturated carbocycles. The summed E-state index contributed by atoms with van der Waals surface area (Å²) in [6, 6.07) is 20.4. The highest BCUT2D eigenvalue weighted by Gasteiger charge is 2.46. The second kappa shape index (κ2) is 11.9. The number of likely N-dealkylation sites (tertiary alicyclic amines) is 1. The van der Waals surface area contributed by atoms with E-state index in [9.17, 15) is 19.8 Å². The number of aliphatic hydroxyl groups is 1. The number of rotatable bonds is 8. The van der Waals surface area contributed by atoms with Gasteiger partial charge in [0.15, 0.2) is 11.5 Å². The summed E-state index contributed by atoms with van der Waals surface area (Å²) >= 11 is 3.33. The standard InChI is InChI=1S/C32H27BrN2O6/c1-19-4-3-5-21(14-19)18-41-24-8-6-22(7-9-24)29(36)27-28(23-15-25(33)30(37)26(16-23)40-2)35(32(39)31(27)38)17-20-10-12-34-13-11-20/h3-16,28,36-37H,17-18H2,1-2H3. The zero-order valence-electron chi connectivity index (χ0n) is 22.4. The SMILES string of the molecule is COc1cc(C2C(=C(O)c3ccc(OCc4cccc(C)c4)cc3)C(=O)C(=O)N2Cc2ccncc2)cc(Br)c1O. The van der Waals surface area contributed by atoms with Crippen LogP contribution in [0.1, 0.15) is 33.9 Å². The number of halogens is 1. The molecule has 9 heteroatoms. The van der Waals surface area contributed by atoms with Crippen LogP contribution in [0.3, 0.4) is 0 Å². The zero-order valence-corrected chi connectivity index (χ0v) is 24.0. The molecule has 0 bridgehead atoms. The largest absolute Gasteiger partial charge is 0.507 e. The molecule has 0 spiro atoms. The number of nitrogens with zero attached hydrogens (tertiary/aromatic N) is 2. The maximum Gasteiger partial charge on any atom is 0.295 e. The van der Waals surface area contributed by atoms with Crippen LogP contribution < -0.4 is 9.47 Å². The van der Waals surface area contributed by atoms with Gasteiger partial charge in [-0.2, -0.15) is 0 Å². The minimum atomic E-state index is -0.953. The zero-order chi connectivity index (χ0) is 29.1. The first-order chi connectivity index (χ1) is 19.8. The first-order valence-electron chi connectivity index (χ1n) is 12.8. The van der Waals surface area contributed by atoms with Crippen molar-refractivity contribution >= 4 is 33.4 Å². The van der Waals surface area contributed by atoms with Crippen molar-refractivity contribution in [2.75, 3.05) is 7.11 Å². The van der Waals surface area contributed by atoms with Gasteiger partial charge < -0.3 is 24.6 Å². The maximum absolute atomic E-state index is 13.4. The topological polar surface area (TPSA) is 109 Å². The Bertz CT molecular complexity index is 1640. The highest BCUT2D eigenvalue weighted by Crippen LogP contribution is 2.45. The molecule has 41 heavy (non-hydrogen) atoms. The van der Waals surface area contributed by atoms with Crippen molar-refractivity contribution in [2.45, 2.75) is 26.1 Å². The summed E-state index contributed by atoms with van der Waals surface area (Å²) in [7, 11) is 1.40. The Morgan fingerprint density at radius 3 is 2.41 bits per heavy atom. The number of aliphatic hydroxyl groups excluding tert-OH is 1. The van der Waals surface area contributed by atoms with Gasteiger partial charge in [-0.25, -0.2) is 0 Å². The third-order valence-corrected chi connectivity index (χ3v) is 7.45. The van der Waals surface area contributed by atoms with Gasteiger partial charge >= 0.3 is 0 Å². The van der Waals surface area contributed by atoms with E-state index in [2.05, 4.69) is 20.9 Å². The molecule has 1 aromatic heterocycles. The smallest absolute Gasteiger partial charge is 0.295 e. The summed E-state index contributed by atoms with van der Waals surface area (Å²) in [5, 5.41) is 21.8. The van der Waals surface area contributed by atoms with Crippen LogP contribution in [0, 0.1) is 6.92 Å². The Labute approximate surface area is 245 Å². The van der Waals surface area contributed by atoms with E-state index < -0.39 is 17.7 Å². The Morgan fingerprint density at radius 1 is 1.00 bits per heavy atom. The average molecular weight is 615 g/mol. The molecule has 5 rings (SSSR count). The van der Waals surface area contributed by atoms with E-state index in [0.717, 1.165) is 16.7 Å². The van der Waals surface area contributed by atoms with Gasteiger partial charge in [-0.05, 0) is 88.1 Å². The first kappa shape index (κ1) is 27.9. The third-order valence-electron chi connectivity index (χ3n) is 6.84. The molecule has 1 unspecified atom stereocenters. The fraction of sp³-hybridized carbons (Fsp3) is 0.156. The number of aromatic hydroxyl groups is 1. The summed E-state index contributed by atoms with van der Waals surface area (Å²) in [4.78, 5) is 32.2. The minimum Gasteiger partial charge on any atom is -0.507 e. The summed E-state index contributed by atoms with van der Waals surface area (Å²) in [5.41, 5.74) is 3.68. The van der Waals surface area contributed by atoms with Crippen LogP contribution in [-0.2, 0) is 22.7 Å². The van der Waals surface area contributed by atoms with Crippen molar-refractivity contribution in [1.82, 2.24) is 9.88 Å². The summed E-state index contributed by atoms with van der Waals surface area (Å²) in [6.45, 7) is 2.49. The van der Waals surface area contributed by atoms with Crippen LogP contribution in [0.2, 0.25) is 0 Å². The summed E-state index contributed by atoms with van der Waals surface area (Å²) < 4.78 is 11.5. The van der Waals surface area contributed by atoms with Crippen LogP contribution in [0.5, 0.6) is 17.2 Å². The van der Waals surface area contributed by atoms with E-state index in [-0.39, 0.29) is 29.4 Å². The molecule has 2 heterocycles. The lowest BCUT2D eigenvalue weighted by atomic mass is 9.94. The Hall–Kier alpha value is -4.63. The van der Waals surface area contributed by atoms with Crippen LogP contribution >= 0.6 is 15.9 Å². The van der Waals surface area contributed by atoms with Crippen LogP contribution in [-0.4, -0.2) is 38.9 Å². The molecule has 4 aromatic rings. The summed E-state index contributed by atoms with van der Waals surface area (Å²) in [5.74, 6) is -1.27. The lowest BCUT2D eigenvalue weighted by molar-refractivity contribution is -0.140. The number of ether oxygens (including phenoxy) is 2. The molecule has 1 aliphatic rings. The molecule has 0 radical (unpaired) electrons. The number of aromatic nitrogens is 1. The fourth-order valence-electron chi connectivity index (χ4n) is 4.81. The van der Waals surface area contributed by atoms with E-state index in [1.165, 1.54) is 12.0 Å². The van der Waals surface area contributed by atoms with E-state index in [1.54, 1.807) is 60.9 Å². The quantitative estimate of drug-likeness (QED) is 0.141. The van der Waals surface area contributed by atoms with Gasteiger partial charge in [0.25, 0.3) is 11.7 Å². The molecule has 1 atom stereocenters. The van der Waals surface area contributed by atoms with Crippen molar-refractivity contribution in [2.24, 2.45) is 0 Å². The van der Waals surface area contributed by atoms with Gasteiger partial charge in [0.1, 0.15) is 18.1 Å². The van der Waals surface area contributed by atoms with Crippen LogP contribution in [0.4, 0.5) is 0 Å². The number of methoxy groups -OCH3 is 1. The molecule has 3 aromatic carbocycles. The molecular weight excluding hydrogens is 588 g/mol. The molecule has 1 aliphatic heterocycles. The molecule has 8 nitrogen and oxygen atoms in total. The van der Waals surface area contributed by atoms with E-state index in [1.807, 2.05) is 31.2 Å². The normalized spacial score (nSPS) is 16.2. The van der Waals surface area contributed by atoms with Crippen molar-refractivity contribution in [3.8, 4) is 17.2 Å². The molecule has 0 aliphatic carbocycles. The number of aryl methyl sites for hydroxylation is 1. The number of phenols is 1. The lowest BCUT2D eigenvalue weighted by Gasteiger charge is -2.26. The van der Waals surface area contributed by atoms with Crippen LogP contribution in [0.25, 0.3) is 5.76 Å². The second-order valence-corrected chi connectivity index (χ2v) is 10.5. The number of hydrogen-bond donors (Lipinski definition) is 2. The lowest BCUT2D eigenvalue weighted by Crippen LogP contribution is -2.29. The number of benzene rings is 3. The molecule has 1 amide bonds. The Kier molecular flexibility index (Phi) is 8.07. The van der Waals surface area contributed by atoms with Crippen molar-refractivity contribution < 1.29 is 29.3 Å². The number of phenolic OH excluding ortho intramolecular Hbond substituents is 1. The Morgan fingerprint density at radius 2 is 1.73 bits per heavy atom. The Balaban J connectivity index is 1.53. The summed E-state index contributed by atoms with van der Waals surface area (Å²) in [6.07, 6.45) is 3.20. The predicted molar refractivity (Wildman–Crippen MR) is 156 cm³/mol. The average Bonchev–Trinajstić information content (AvgIpc) is 3.23. The highest BCUT2D eigenvalue weighted by molar-refractivity contribution is 9.10.